The zero-order valence-electron chi connectivity index (χ0n) is 7.73. The molecule has 0 saturated carbocycles. The topological polar surface area (TPSA) is 135 Å². The van der Waals surface area contributed by atoms with Gasteiger partial charge in [0.1, 0.15) is 5.52 Å². The summed E-state index contributed by atoms with van der Waals surface area (Å²) in [6.07, 6.45) is 0. The molecule has 0 radical (unpaired) electrons. The highest BCUT2D eigenvalue weighted by Gasteiger charge is 2.11. The Morgan fingerprint density at radius 1 is 1.25 bits per heavy atom. The first-order valence-electron chi connectivity index (χ1n) is 3.93. The van der Waals surface area contributed by atoms with Crippen molar-refractivity contribution in [2.24, 2.45) is 0 Å². The summed E-state index contributed by atoms with van der Waals surface area (Å²) < 4.78 is 0. The van der Waals surface area contributed by atoms with Gasteiger partial charge in [-0.25, -0.2) is 4.98 Å². The summed E-state index contributed by atoms with van der Waals surface area (Å²) in [6.45, 7) is 0. The van der Waals surface area contributed by atoms with E-state index in [1.807, 2.05) is 0 Å². The van der Waals surface area contributed by atoms with Crippen molar-refractivity contribution < 1.29 is 15.2 Å². The van der Waals surface area contributed by atoms with Gasteiger partial charge in [0.25, 0.3) is 5.09 Å². The Labute approximate surface area is 87.6 Å². The Morgan fingerprint density at radius 2 is 1.81 bits per heavy atom. The number of nitrogens with zero attached hydrogens (tertiary/aromatic N) is 3. The molecule has 0 spiro atoms. The number of H-pyrrole nitrogens is 1. The van der Waals surface area contributed by atoms with Crippen LogP contribution in [-0.4, -0.2) is 25.2 Å². The molecule has 0 unspecified atom stereocenters. The van der Waals surface area contributed by atoms with Gasteiger partial charge in [0.05, 0.1) is 0 Å². The molecule has 2 rings (SSSR count). The molecule has 9 nitrogen and oxygen atoms in total. The van der Waals surface area contributed by atoms with Crippen LogP contribution in [0.4, 0.5) is 5.95 Å². The maximum absolute atomic E-state index is 10.3. The van der Waals surface area contributed by atoms with Crippen LogP contribution in [0.3, 0.4) is 0 Å². The van der Waals surface area contributed by atoms with Crippen molar-refractivity contribution in [3.05, 3.63) is 44.5 Å². The summed E-state index contributed by atoms with van der Waals surface area (Å²) >= 11 is 0. The quantitative estimate of drug-likeness (QED) is 0.552. The summed E-state index contributed by atoms with van der Waals surface area (Å²) in [5, 5.41) is 23.9. The molecule has 9 heteroatoms. The van der Waals surface area contributed by atoms with E-state index in [-0.39, 0.29) is 5.95 Å². The minimum Gasteiger partial charge on any atom is -0.390 e. The third-order valence-electron chi connectivity index (χ3n) is 1.55. The number of fused-ring (bicyclic) bond motifs is 1. The number of hydrogen-bond donors (Lipinski definition) is 2. The normalized spacial score (nSPS) is 9.25. The highest BCUT2D eigenvalue weighted by atomic mass is 16.9. The minimum absolute atomic E-state index is 0.212. The smallest absolute Gasteiger partial charge is 0.390 e. The van der Waals surface area contributed by atoms with Crippen LogP contribution in [0, 0.1) is 20.2 Å². The molecule has 2 N–H and O–H groups in total. The molecular formula is C7H6N4O5. The molecule has 0 aliphatic carbocycles. The van der Waals surface area contributed by atoms with E-state index in [1.54, 1.807) is 24.3 Å². The number of aromatic amines is 1. The summed E-state index contributed by atoms with van der Waals surface area (Å²) in [7, 11) is 0. The fourth-order valence-electron chi connectivity index (χ4n) is 1.03. The van der Waals surface area contributed by atoms with Crippen molar-refractivity contribution in [3.63, 3.8) is 0 Å². The summed E-state index contributed by atoms with van der Waals surface area (Å²) in [5.41, 5.74) is 1.30. The van der Waals surface area contributed by atoms with Crippen LogP contribution in [0.25, 0.3) is 11.0 Å². The lowest BCUT2D eigenvalue weighted by atomic mass is 10.3. The van der Waals surface area contributed by atoms with Crippen LogP contribution in [0.1, 0.15) is 0 Å². The van der Waals surface area contributed by atoms with Crippen molar-refractivity contribution in [2.75, 3.05) is 0 Å². The van der Waals surface area contributed by atoms with Gasteiger partial charge in [-0.2, -0.15) is 0 Å². The van der Waals surface area contributed by atoms with Crippen molar-refractivity contribution in [1.82, 2.24) is 9.97 Å². The molecule has 1 aromatic heterocycles. The van der Waals surface area contributed by atoms with Gasteiger partial charge < -0.3 is 15.3 Å². The maximum Gasteiger partial charge on any atom is 0.433 e. The second-order valence-corrected chi connectivity index (χ2v) is 2.57. The Morgan fingerprint density at radius 3 is 2.31 bits per heavy atom. The molecule has 84 valence electrons. The van der Waals surface area contributed by atoms with E-state index < -0.39 is 10.0 Å². The molecule has 1 aromatic carbocycles. The number of hydrogen-bond acceptors (Lipinski definition) is 5. The summed E-state index contributed by atoms with van der Waals surface area (Å²) in [6, 6.07) is 7.05. The molecule has 1 heterocycles. The number of aromatic nitrogens is 2. The molecular weight excluding hydrogens is 220 g/mol. The average molecular weight is 226 g/mol. The summed E-state index contributed by atoms with van der Waals surface area (Å²) in [4.78, 5) is 24.4. The van der Waals surface area contributed by atoms with Crippen molar-refractivity contribution in [3.8, 4) is 0 Å². The van der Waals surface area contributed by atoms with Gasteiger partial charge in [-0.3, -0.25) is 0 Å². The third kappa shape index (κ3) is 2.90. The molecule has 0 atom stereocenters. The lowest BCUT2D eigenvalue weighted by Gasteiger charge is -1.84. The van der Waals surface area contributed by atoms with Gasteiger partial charge in [-0.1, -0.05) is 17.1 Å². The number of imidazole rings is 1. The SMILES string of the molecule is O=[N+]([O-])O.O=[N+]([O-])c1nc2ccccc2[nH]1. The third-order valence-corrected chi connectivity index (χ3v) is 1.55. The predicted octanol–water partition coefficient (Wildman–Crippen LogP) is 1.12. The molecule has 0 aliphatic rings. The van der Waals surface area contributed by atoms with Crippen LogP contribution in [0.2, 0.25) is 0 Å². The van der Waals surface area contributed by atoms with E-state index in [9.17, 15) is 10.1 Å². The Hall–Kier alpha value is -2.71. The lowest BCUT2D eigenvalue weighted by molar-refractivity contribution is -0.742. The van der Waals surface area contributed by atoms with Crippen molar-refractivity contribution >= 4 is 17.0 Å². The molecule has 0 saturated heterocycles. The fraction of sp³-hybridized carbons (Fsp3) is 0. The van der Waals surface area contributed by atoms with Crippen LogP contribution in [-0.2, 0) is 0 Å². The monoisotopic (exact) mass is 226 g/mol. The number of nitrogens with one attached hydrogen (secondary N) is 1. The standard InChI is InChI=1S/C7H5N3O2.HNO3/c11-10(12)7-8-5-3-1-2-4-6(5)9-7;2-1(3)4/h1-4H,(H,8,9);(H,2,3,4). The van der Waals surface area contributed by atoms with Crippen LogP contribution in [0.15, 0.2) is 24.3 Å². The van der Waals surface area contributed by atoms with E-state index in [0.29, 0.717) is 11.0 Å². The predicted molar refractivity (Wildman–Crippen MR) is 51.5 cm³/mol. The van der Waals surface area contributed by atoms with E-state index >= 15 is 0 Å². The van der Waals surface area contributed by atoms with E-state index in [2.05, 4.69) is 9.97 Å². The number of rotatable bonds is 1. The van der Waals surface area contributed by atoms with Crippen LogP contribution < -0.4 is 0 Å². The first-order chi connectivity index (χ1) is 7.50. The first kappa shape index (κ1) is 11.4. The zero-order chi connectivity index (χ0) is 12.1. The Kier molecular flexibility index (Phi) is 3.33. The molecule has 0 fully saturated rings. The second-order valence-electron chi connectivity index (χ2n) is 2.57. The average Bonchev–Trinajstić information content (AvgIpc) is 2.59. The largest absolute Gasteiger partial charge is 0.433 e. The van der Waals surface area contributed by atoms with Crippen LogP contribution >= 0.6 is 0 Å². The zero-order valence-corrected chi connectivity index (χ0v) is 7.73. The van der Waals surface area contributed by atoms with Gasteiger partial charge in [-0.15, -0.1) is 10.1 Å². The Bertz CT molecular complexity index is 485. The lowest BCUT2D eigenvalue weighted by Crippen LogP contribution is -1.88. The highest BCUT2D eigenvalue weighted by Crippen LogP contribution is 2.14. The molecule has 16 heavy (non-hydrogen) atoms. The number of benzene rings is 1. The van der Waals surface area contributed by atoms with E-state index in [1.165, 1.54) is 0 Å². The molecule has 0 bridgehead atoms. The van der Waals surface area contributed by atoms with Crippen molar-refractivity contribution in [2.45, 2.75) is 0 Å². The maximum atomic E-state index is 10.3. The molecule has 0 aliphatic heterocycles. The van der Waals surface area contributed by atoms with Gasteiger partial charge in [0, 0.05) is 0 Å². The summed E-state index contributed by atoms with van der Waals surface area (Å²) in [5.74, 6) is -0.212. The molecule has 2 aromatic rings. The first-order valence-corrected chi connectivity index (χ1v) is 3.93. The minimum atomic E-state index is -1.50. The molecule has 0 amide bonds. The van der Waals surface area contributed by atoms with E-state index in [0.717, 1.165) is 0 Å². The van der Waals surface area contributed by atoms with Crippen LogP contribution in [0.5, 0.6) is 0 Å². The van der Waals surface area contributed by atoms with Gasteiger partial charge in [0.2, 0.25) is 0 Å². The second kappa shape index (κ2) is 4.68. The van der Waals surface area contributed by atoms with E-state index in [4.69, 9.17) is 15.3 Å². The number of para-hydroxylation sites is 2. The van der Waals surface area contributed by atoms with Crippen molar-refractivity contribution in [1.29, 1.82) is 0 Å². The fourth-order valence-corrected chi connectivity index (χ4v) is 1.03. The van der Waals surface area contributed by atoms with Gasteiger partial charge >= 0.3 is 5.95 Å². The van der Waals surface area contributed by atoms with Gasteiger partial charge in [0.15, 0.2) is 5.52 Å². The Balaban J connectivity index is 0.000000280. The van der Waals surface area contributed by atoms with Gasteiger partial charge in [-0.05, 0) is 17.1 Å². The highest BCUT2D eigenvalue weighted by molar-refractivity contribution is 5.75. The number of nitro groups is 1.